The van der Waals surface area contributed by atoms with Gasteiger partial charge in [-0.15, -0.1) is 0 Å². The van der Waals surface area contributed by atoms with Crippen molar-refractivity contribution in [2.24, 2.45) is 0 Å². The van der Waals surface area contributed by atoms with Gasteiger partial charge in [-0.3, -0.25) is 0 Å². The van der Waals surface area contributed by atoms with Crippen LogP contribution in [0, 0.1) is 13.8 Å². The SMILES string of the molecule is CCC(O)c1cc(OC(C)C)c(C)cc1C. The van der Waals surface area contributed by atoms with Crippen LogP contribution in [0.15, 0.2) is 12.1 Å². The highest BCUT2D eigenvalue weighted by molar-refractivity contribution is 5.42. The lowest BCUT2D eigenvalue weighted by Gasteiger charge is -2.18. The van der Waals surface area contributed by atoms with Crippen molar-refractivity contribution in [3.63, 3.8) is 0 Å². The molecule has 0 amide bonds. The summed E-state index contributed by atoms with van der Waals surface area (Å²) in [5, 5.41) is 9.90. The summed E-state index contributed by atoms with van der Waals surface area (Å²) < 4.78 is 5.72. The van der Waals surface area contributed by atoms with Crippen molar-refractivity contribution in [1.82, 2.24) is 0 Å². The predicted molar refractivity (Wildman–Crippen MR) is 66.9 cm³/mol. The zero-order valence-electron chi connectivity index (χ0n) is 10.9. The molecule has 0 aliphatic heterocycles. The number of aryl methyl sites for hydroxylation is 2. The Morgan fingerprint density at radius 3 is 2.31 bits per heavy atom. The van der Waals surface area contributed by atoms with Crippen molar-refractivity contribution in [2.45, 2.75) is 53.2 Å². The van der Waals surface area contributed by atoms with Gasteiger partial charge in [-0.1, -0.05) is 13.0 Å². The second-order valence-electron chi connectivity index (χ2n) is 4.56. The lowest BCUT2D eigenvalue weighted by molar-refractivity contribution is 0.171. The van der Waals surface area contributed by atoms with Gasteiger partial charge in [0.1, 0.15) is 5.75 Å². The van der Waals surface area contributed by atoms with E-state index in [1.807, 2.05) is 40.7 Å². The van der Waals surface area contributed by atoms with Crippen LogP contribution in [-0.2, 0) is 0 Å². The van der Waals surface area contributed by atoms with E-state index in [-0.39, 0.29) is 6.10 Å². The Bertz CT molecular complexity index is 356. The first kappa shape index (κ1) is 13.0. The van der Waals surface area contributed by atoms with Crippen molar-refractivity contribution in [1.29, 1.82) is 0 Å². The molecule has 1 unspecified atom stereocenters. The molecule has 2 heteroatoms. The summed E-state index contributed by atoms with van der Waals surface area (Å²) in [7, 11) is 0. The van der Waals surface area contributed by atoms with Gasteiger partial charge >= 0.3 is 0 Å². The molecule has 90 valence electrons. The number of benzene rings is 1. The van der Waals surface area contributed by atoms with Crippen molar-refractivity contribution >= 4 is 0 Å². The van der Waals surface area contributed by atoms with Crippen LogP contribution in [0.1, 0.15) is 50.0 Å². The summed E-state index contributed by atoms with van der Waals surface area (Å²) >= 11 is 0. The van der Waals surface area contributed by atoms with Gasteiger partial charge in [0.05, 0.1) is 12.2 Å². The molecule has 1 N–H and O–H groups in total. The molecule has 1 rings (SSSR count). The molecule has 0 bridgehead atoms. The first-order valence-corrected chi connectivity index (χ1v) is 5.91. The highest BCUT2D eigenvalue weighted by Crippen LogP contribution is 2.29. The molecule has 0 saturated carbocycles. The van der Waals surface area contributed by atoms with Crippen LogP contribution in [0.2, 0.25) is 0 Å². The second kappa shape index (κ2) is 5.35. The van der Waals surface area contributed by atoms with Gasteiger partial charge in [0.15, 0.2) is 0 Å². The van der Waals surface area contributed by atoms with Crippen LogP contribution in [0.4, 0.5) is 0 Å². The van der Waals surface area contributed by atoms with E-state index < -0.39 is 6.10 Å². The van der Waals surface area contributed by atoms with Crippen molar-refractivity contribution in [2.75, 3.05) is 0 Å². The molecule has 1 aromatic carbocycles. The summed E-state index contributed by atoms with van der Waals surface area (Å²) in [6.45, 7) is 10.1. The van der Waals surface area contributed by atoms with Gasteiger partial charge in [0.2, 0.25) is 0 Å². The van der Waals surface area contributed by atoms with Crippen LogP contribution >= 0.6 is 0 Å². The van der Waals surface area contributed by atoms with E-state index in [0.717, 1.165) is 28.9 Å². The number of aliphatic hydroxyl groups excluding tert-OH is 1. The highest BCUT2D eigenvalue weighted by atomic mass is 16.5. The van der Waals surface area contributed by atoms with E-state index in [9.17, 15) is 5.11 Å². The summed E-state index contributed by atoms with van der Waals surface area (Å²) in [5.41, 5.74) is 3.23. The van der Waals surface area contributed by atoms with Crippen molar-refractivity contribution in [3.8, 4) is 5.75 Å². The maximum Gasteiger partial charge on any atom is 0.122 e. The Kier molecular flexibility index (Phi) is 4.36. The number of ether oxygens (including phenoxy) is 1. The average Bonchev–Trinajstić information content (AvgIpc) is 2.20. The van der Waals surface area contributed by atoms with Crippen LogP contribution < -0.4 is 4.74 Å². The largest absolute Gasteiger partial charge is 0.491 e. The number of rotatable bonds is 4. The third-order valence-electron chi connectivity index (χ3n) is 2.67. The van der Waals surface area contributed by atoms with Crippen LogP contribution in [0.3, 0.4) is 0 Å². The highest BCUT2D eigenvalue weighted by Gasteiger charge is 2.12. The minimum atomic E-state index is -0.393. The summed E-state index contributed by atoms with van der Waals surface area (Å²) in [5.74, 6) is 0.878. The molecule has 16 heavy (non-hydrogen) atoms. The number of aliphatic hydroxyl groups is 1. The van der Waals surface area contributed by atoms with Gasteiger partial charge in [0, 0.05) is 0 Å². The smallest absolute Gasteiger partial charge is 0.122 e. The Labute approximate surface area is 98.3 Å². The summed E-state index contributed by atoms with van der Waals surface area (Å²) in [4.78, 5) is 0. The molecule has 2 nitrogen and oxygen atoms in total. The Hall–Kier alpha value is -1.02. The van der Waals surface area contributed by atoms with E-state index in [1.54, 1.807) is 0 Å². The zero-order valence-corrected chi connectivity index (χ0v) is 10.9. The van der Waals surface area contributed by atoms with E-state index in [1.165, 1.54) is 0 Å². The van der Waals surface area contributed by atoms with E-state index in [0.29, 0.717) is 0 Å². The lowest BCUT2D eigenvalue weighted by atomic mass is 9.99. The van der Waals surface area contributed by atoms with Crippen LogP contribution in [0.25, 0.3) is 0 Å². The monoisotopic (exact) mass is 222 g/mol. The number of hydrogen-bond acceptors (Lipinski definition) is 2. The molecule has 0 aromatic heterocycles. The molecule has 0 saturated heterocycles. The standard InChI is InChI=1S/C14H22O2/c1-6-13(15)12-8-14(16-9(2)3)11(5)7-10(12)4/h7-9,13,15H,6H2,1-5H3. The van der Waals surface area contributed by atoms with Crippen molar-refractivity contribution in [3.05, 3.63) is 28.8 Å². The first-order chi connectivity index (χ1) is 7.45. The van der Waals surface area contributed by atoms with E-state index in [4.69, 9.17) is 4.74 Å². The van der Waals surface area contributed by atoms with Gasteiger partial charge in [-0.05, 0) is 56.9 Å². The fraction of sp³-hybridized carbons (Fsp3) is 0.571. The lowest BCUT2D eigenvalue weighted by Crippen LogP contribution is -2.08. The summed E-state index contributed by atoms with van der Waals surface area (Å²) in [6.07, 6.45) is 0.494. The number of hydrogen-bond donors (Lipinski definition) is 1. The Balaban J connectivity index is 3.11. The molecule has 1 aromatic rings. The van der Waals surface area contributed by atoms with E-state index in [2.05, 4.69) is 6.07 Å². The minimum Gasteiger partial charge on any atom is -0.491 e. The topological polar surface area (TPSA) is 29.5 Å². The zero-order chi connectivity index (χ0) is 12.3. The van der Waals surface area contributed by atoms with Gasteiger partial charge in [-0.2, -0.15) is 0 Å². The summed E-state index contributed by atoms with van der Waals surface area (Å²) in [6, 6.07) is 4.05. The molecule has 0 aliphatic carbocycles. The Morgan fingerprint density at radius 2 is 1.81 bits per heavy atom. The van der Waals surface area contributed by atoms with Gasteiger partial charge in [-0.25, -0.2) is 0 Å². The molecule has 0 aliphatic rings. The third kappa shape index (κ3) is 2.99. The van der Waals surface area contributed by atoms with E-state index >= 15 is 0 Å². The van der Waals surface area contributed by atoms with Crippen LogP contribution in [-0.4, -0.2) is 11.2 Å². The Morgan fingerprint density at radius 1 is 1.19 bits per heavy atom. The third-order valence-corrected chi connectivity index (χ3v) is 2.67. The molecule has 1 atom stereocenters. The molecule has 0 spiro atoms. The van der Waals surface area contributed by atoms with Gasteiger partial charge in [0.25, 0.3) is 0 Å². The normalized spacial score (nSPS) is 12.9. The molecule has 0 radical (unpaired) electrons. The fourth-order valence-electron chi connectivity index (χ4n) is 1.81. The average molecular weight is 222 g/mol. The quantitative estimate of drug-likeness (QED) is 0.844. The molecular formula is C14H22O2. The first-order valence-electron chi connectivity index (χ1n) is 5.91. The second-order valence-corrected chi connectivity index (χ2v) is 4.56. The van der Waals surface area contributed by atoms with Crippen LogP contribution in [0.5, 0.6) is 5.75 Å². The van der Waals surface area contributed by atoms with Crippen molar-refractivity contribution < 1.29 is 9.84 Å². The minimum absolute atomic E-state index is 0.160. The van der Waals surface area contributed by atoms with Gasteiger partial charge < -0.3 is 9.84 Å². The molecule has 0 fully saturated rings. The predicted octanol–water partition coefficient (Wildman–Crippen LogP) is 3.53. The maximum absolute atomic E-state index is 9.90. The maximum atomic E-state index is 9.90. The molecular weight excluding hydrogens is 200 g/mol. The fourth-order valence-corrected chi connectivity index (χ4v) is 1.81. The molecule has 0 heterocycles.